The van der Waals surface area contributed by atoms with Crippen molar-refractivity contribution < 1.29 is 4.79 Å². The number of carbonyl (C=O) groups excluding carboxylic acids is 1. The lowest BCUT2D eigenvalue weighted by Gasteiger charge is -2.30. The number of hydrogen-bond donors (Lipinski definition) is 1. The molecule has 0 radical (unpaired) electrons. The molecule has 156 valence electrons. The maximum absolute atomic E-state index is 12.4. The van der Waals surface area contributed by atoms with Gasteiger partial charge in [-0.15, -0.1) is 0 Å². The van der Waals surface area contributed by atoms with E-state index in [0.717, 1.165) is 18.7 Å². The number of nitrogens with one attached hydrogen (secondary N) is 1. The lowest BCUT2D eigenvalue weighted by molar-refractivity contribution is -0.116. The van der Waals surface area contributed by atoms with Crippen molar-refractivity contribution in [3.8, 4) is 0 Å². The maximum Gasteiger partial charge on any atom is 0.244 e. The Kier molecular flexibility index (Phi) is 8.21. The fraction of sp³-hybridized carbons (Fsp3) is 0.423. The van der Waals surface area contributed by atoms with Crippen LogP contribution in [0.15, 0.2) is 54.6 Å². The Hall–Kier alpha value is -2.39. The molecule has 1 N–H and O–H groups in total. The van der Waals surface area contributed by atoms with E-state index in [1.807, 2.05) is 18.2 Å². The van der Waals surface area contributed by atoms with Gasteiger partial charge in [-0.2, -0.15) is 0 Å². The Morgan fingerprint density at radius 3 is 2.10 bits per heavy atom. The van der Waals surface area contributed by atoms with E-state index in [1.165, 1.54) is 16.7 Å². The zero-order valence-electron chi connectivity index (χ0n) is 18.8. The van der Waals surface area contributed by atoms with Gasteiger partial charge in [-0.3, -0.25) is 9.69 Å². The smallest absolute Gasteiger partial charge is 0.244 e. The van der Waals surface area contributed by atoms with Crippen molar-refractivity contribution in [1.29, 1.82) is 0 Å². The van der Waals surface area contributed by atoms with Gasteiger partial charge in [-0.05, 0) is 48.2 Å². The van der Waals surface area contributed by atoms with E-state index in [4.69, 9.17) is 0 Å². The normalized spacial score (nSPS) is 13.1. The van der Waals surface area contributed by atoms with Crippen molar-refractivity contribution >= 4 is 12.0 Å². The zero-order chi connectivity index (χ0) is 21.4. The minimum absolute atomic E-state index is 0.0611. The lowest BCUT2D eigenvalue weighted by Crippen LogP contribution is -2.37. The molecule has 0 spiro atoms. The Bertz CT molecular complexity index is 794. The lowest BCUT2D eigenvalue weighted by atomic mass is 9.86. The van der Waals surface area contributed by atoms with Crippen LogP contribution in [0.3, 0.4) is 0 Å². The van der Waals surface area contributed by atoms with Crippen molar-refractivity contribution in [3.05, 3.63) is 76.9 Å². The van der Waals surface area contributed by atoms with Gasteiger partial charge in [0.25, 0.3) is 0 Å². The van der Waals surface area contributed by atoms with E-state index >= 15 is 0 Å². The highest BCUT2D eigenvalue weighted by molar-refractivity contribution is 5.91. The van der Waals surface area contributed by atoms with E-state index in [9.17, 15) is 4.79 Å². The molecule has 0 fully saturated rings. The third-order valence-corrected chi connectivity index (χ3v) is 5.39. The first-order chi connectivity index (χ1) is 13.7. The fourth-order valence-corrected chi connectivity index (χ4v) is 3.43. The average Bonchev–Trinajstić information content (AvgIpc) is 2.70. The molecule has 3 nitrogen and oxygen atoms in total. The summed E-state index contributed by atoms with van der Waals surface area (Å²) in [6.45, 7) is 15.5. The highest BCUT2D eigenvalue weighted by atomic mass is 16.1. The minimum atomic E-state index is -0.0611. The van der Waals surface area contributed by atoms with E-state index < -0.39 is 0 Å². The summed E-state index contributed by atoms with van der Waals surface area (Å²) >= 11 is 0. The molecule has 0 aliphatic carbocycles. The van der Waals surface area contributed by atoms with Gasteiger partial charge in [0.05, 0.1) is 6.04 Å². The van der Waals surface area contributed by atoms with Gasteiger partial charge in [0.1, 0.15) is 0 Å². The Balaban J connectivity index is 2.08. The molecule has 1 amide bonds. The van der Waals surface area contributed by atoms with Crippen molar-refractivity contribution in [1.82, 2.24) is 10.2 Å². The van der Waals surface area contributed by atoms with Gasteiger partial charge in [0.2, 0.25) is 5.91 Å². The molecule has 0 heterocycles. The quantitative estimate of drug-likeness (QED) is 0.601. The summed E-state index contributed by atoms with van der Waals surface area (Å²) in [6.07, 6.45) is 3.48. The molecule has 0 aliphatic heterocycles. The van der Waals surface area contributed by atoms with Crippen molar-refractivity contribution in [3.63, 3.8) is 0 Å². The number of amides is 1. The van der Waals surface area contributed by atoms with Crippen LogP contribution >= 0.6 is 0 Å². The number of carbonyl (C=O) groups is 1. The molecule has 2 aromatic rings. The fourth-order valence-electron chi connectivity index (χ4n) is 3.43. The monoisotopic (exact) mass is 392 g/mol. The minimum Gasteiger partial charge on any atom is -0.351 e. The number of rotatable bonds is 8. The molecule has 0 saturated carbocycles. The Labute approximate surface area is 176 Å². The molecule has 0 unspecified atom stereocenters. The number of aryl methyl sites for hydroxylation is 1. The van der Waals surface area contributed by atoms with Gasteiger partial charge in [-0.25, -0.2) is 0 Å². The van der Waals surface area contributed by atoms with Crippen LogP contribution in [0.5, 0.6) is 0 Å². The van der Waals surface area contributed by atoms with Crippen LogP contribution in [-0.2, 0) is 10.2 Å². The molecular formula is C26H36N2O. The maximum atomic E-state index is 12.4. The largest absolute Gasteiger partial charge is 0.351 e. The highest BCUT2D eigenvalue weighted by Gasteiger charge is 2.20. The first kappa shape index (κ1) is 22.9. The van der Waals surface area contributed by atoms with Crippen LogP contribution in [-0.4, -0.2) is 30.4 Å². The summed E-state index contributed by atoms with van der Waals surface area (Å²) < 4.78 is 0. The van der Waals surface area contributed by atoms with E-state index in [1.54, 1.807) is 6.08 Å². The summed E-state index contributed by atoms with van der Waals surface area (Å²) in [5, 5.41) is 3.09. The topological polar surface area (TPSA) is 32.3 Å². The van der Waals surface area contributed by atoms with Crippen LogP contribution in [0, 0.1) is 6.92 Å². The first-order valence-corrected chi connectivity index (χ1v) is 10.6. The molecule has 3 heteroatoms. The Morgan fingerprint density at radius 1 is 1.00 bits per heavy atom. The predicted octanol–water partition coefficient (Wildman–Crippen LogP) is 5.51. The molecule has 0 aliphatic rings. The number of nitrogens with zero attached hydrogens (tertiary/aromatic N) is 1. The third-order valence-electron chi connectivity index (χ3n) is 5.39. The number of benzene rings is 2. The predicted molar refractivity (Wildman–Crippen MR) is 124 cm³/mol. The second-order valence-corrected chi connectivity index (χ2v) is 8.60. The Morgan fingerprint density at radius 2 is 1.59 bits per heavy atom. The second kappa shape index (κ2) is 10.4. The van der Waals surface area contributed by atoms with Gasteiger partial charge >= 0.3 is 0 Å². The molecule has 2 rings (SSSR count). The van der Waals surface area contributed by atoms with Gasteiger partial charge < -0.3 is 5.32 Å². The van der Waals surface area contributed by atoms with Crippen LogP contribution in [0.4, 0.5) is 0 Å². The van der Waals surface area contributed by atoms with Gasteiger partial charge in [0.15, 0.2) is 0 Å². The summed E-state index contributed by atoms with van der Waals surface area (Å²) in [6, 6.07) is 17.1. The van der Waals surface area contributed by atoms with Crippen molar-refractivity contribution in [2.45, 2.75) is 53.0 Å². The van der Waals surface area contributed by atoms with Gasteiger partial charge in [0, 0.05) is 12.6 Å². The summed E-state index contributed by atoms with van der Waals surface area (Å²) in [4.78, 5) is 14.8. The molecule has 2 aromatic carbocycles. The zero-order valence-corrected chi connectivity index (χ0v) is 18.8. The van der Waals surface area contributed by atoms with Crippen LogP contribution in [0.1, 0.15) is 62.9 Å². The number of hydrogen-bond acceptors (Lipinski definition) is 2. The van der Waals surface area contributed by atoms with E-state index in [-0.39, 0.29) is 17.4 Å². The summed E-state index contributed by atoms with van der Waals surface area (Å²) in [7, 11) is 0. The highest BCUT2D eigenvalue weighted by Crippen LogP contribution is 2.26. The third kappa shape index (κ3) is 6.86. The van der Waals surface area contributed by atoms with Crippen LogP contribution in [0.25, 0.3) is 6.08 Å². The summed E-state index contributed by atoms with van der Waals surface area (Å²) in [5.74, 6) is -0.0611. The molecule has 0 aromatic heterocycles. The molecule has 1 atom stereocenters. The van der Waals surface area contributed by atoms with Gasteiger partial charge in [-0.1, -0.05) is 88.7 Å². The van der Waals surface area contributed by atoms with Crippen molar-refractivity contribution in [2.75, 3.05) is 19.6 Å². The van der Waals surface area contributed by atoms with Crippen LogP contribution < -0.4 is 5.32 Å². The molecule has 29 heavy (non-hydrogen) atoms. The first-order valence-electron chi connectivity index (χ1n) is 10.6. The molecule has 0 bridgehead atoms. The van der Waals surface area contributed by atoms with E-state index in [0.29, 0.717) is 6.54 Å². The van der Waals surface area contributed by atoms with E-state index in [2.05, 4.69) is 88.2 Å². The molecule has 0 saturated heterocycles. The SMILES string of the molecule is CCN(CC)[C@H](CNC(=O)/C=C/c1ccc(C)cc1)c1ccc(C(C)(C)C)cc1. The van der Waals surface area contributed by atoms with Crippen LogP contribution in [0.2, 0.25) is 0 Å². The summed E-state index contributed by atoms with van der Waals surface area (Å²) in [5.41, 5.74) is 4.95. The van der Waals surface area contributed by atoms with Crippen molar-refractivity contribution in [2.24, 2.45) is 0 Å². The number of likely N-dealkylation sites (N-methyl/N-ethyl adjacent to an activating group) is 1. The second-order valence-electron chi connectivity index (χ2n) is 8.60. The standard InChI is InChI=1S/C26H36N2O/c1-7-28(8-2)24(22-14-16-23(17-15-22)26(4,5)6)19-27-25(29)18-13-21-11-9-20(3)10-12-21/h9-18,24H,7-8,19H2,1-6H3,(H,27,29)/b18-13+/t24-/m1/s1. The molecular weight excluding hydrogens is 356 g/mol. The average molecular weight is 393 g/mol.